The number of imidazole rings is 1. The van der Waals surface area contributed by atoms with Crippen molar-refractivity contribution in [3.05, 3.63) is 74.0 Å². The Morgan fingerprint density at radius 2 is 1.96 bits per heavy atom. The van der Waals surface area contributed by atoms with E-state index in [1.165, 1.54) is 0 Å². The standard InChI is InChI=1S/C15H16N8O2/c1-11-20-14(15(24)25-8-7-18-21-16)13(9-19-22-17)23(11)10-12-5-3-2-4-6-12/h2-6H,7-10H2,1H3. The number of ether oxygens (including phenoxy) is 1. The zero-order valence-corrected chi connectivity index (χ0v) is 13.6. The first-order valence-electron chi connectivity index (χ1n) is 7.46. The van der Waals surface area contributed by atoms with Gasteiger partial charge in [0.25, 0.3) is 0 Å². The van der Waals surface area contributed by atoms with E-state index in [-0.39, 0.29) is 25.4 Å². The molecule has 0 radical (unpaired) electrons. The van der Waals surface area contributed by atoms with Crippen molar-refractivity contribution >= 4 is 5.97 Å². The van der Waals surface area contributed by atoms with Crippen LogP contribution in [0.4, 0.5) is 0 Å². The van der Waals surface area contributed by atoms with E-state index in [4.69, 9.17) is 15.8 Å². The summed E-state index contributed by atoms with van der Waals surface area (Å²) in [6.45, 7) is 2.22. The Morgan fingerprint density at radius 1 is 1.24 bits per heavy atom. The van der Waals surface area contributed by atoms with Gasteiger partial charge in [-0.1, -0.05) is 40.6 Å². The largest absolute Gasteiger partial charge is 0.461 e. The molecule has 0 unspecified atom stereocenters. The minimum absolute atomic E-state index is 0.0229. The summed E-state index contributed by atoms with van der Waals surface area (Å²) in [6.07, 6.45) is 0. The van der Waals surface area contributed by atoms with Crippen LogP contribution in [0.15, 0.2) is 40.6 Å². The Bertz CT molecular complexity index is 833. The molecule has 1 heterocycles. The fourth-order valence-corrected chi connectivity index (χ4v) is 2.30. The average molecular weight is 340 g/mol. The summed E-state index contributed by atoms with van der Waals surface area (Å²) in [7, 11) is 0. The first kappa shape index (κ1) is 17.9. The molecule has 0 saturated heterocycles. The number of benzene rings is 1. The highest BCUT2D eigenvalue weighted by Gasteiger charge is 2.21. The highest BCUT2D eigenvalue weighted by atomic mass is 16.5. The van der Waals surface area contributed by atoms with Gasteiger partial charge < -0.3 is 9.30 Å². The van der Waals surface area contributed by atoms with Gasteiger partial charge in [0, 0.05) is 16.4 Å². The molecule has 128 valence electrons. The van der Waals surface area contributed by atoms with Crippen molar-refractivity contribution in [2.45, 2.75) is 20.0 Å². The van der Waals surface area contributed by atoms with Gasteiger partial charge in [-0.25, -0.2) is 9.78 Å². The van der Waals surface area contributed by atoms with Crippen LogP contribution < -0.4 is 0 Å². The number of nitrogens with zero attached hydrogens (tertiary/aromatic N) is 8. The molecule has 0 amide bonds. The van der Waals surface area contributed by atoms with Gasteiger partial charge in [0.05, 0.1) is 25.4 Å². The fourth-order valence-electron chi connectivity index (χ4n) is 2.30. The van der Waals surface area contributed by atoms with E-state index in [0.717, 1.165) is 5.56 Å². The van der Waals surface area contributed by atoms with Crippen LogP contribution in [-0.2, 0) is 17.8 Å². The summed E-state index contributed by atoms with van der Waals surface area (Å²) in [4.78, 5) is 21.8. The number of esters is 1. The van der Waals surface area contributed by atoms with Gasteiger partial charge in [-0.15, -0.1) is 0 Å². The Kier molecular flexibility index (Phi) is 6.41. The molecule has 0 saturated carbocycles. The molecule has 1 aromatic heterocycles. The quantitative estimate of drug-likeness (QED) is 0.238. The molecule has 0 bridgehead atoms. The van der Waals surface area contributed by atoms with Crippen LogP contribution in [0.25, 0.3) is 20.9 Å². The third-order valence-corrected chi connectivity index (χ3v) is 3.41. The zero-order chi connectivity index (χ0) is 18.1. The van der Waals surface area contributed by atoms with Crippen LogP contribution in [0.5, 0.6) is 0 Å². The maximum Gasteiger partial charge on any atom is 0.358 e. The number of aryl methyl sites for hydroxylation is 1. The topological polar surface area (TPSA) is 142 Å². The first-order chi connectivity index (χ1) is 12.2. The molecule has 10 nitrogen and oxygen atoms in total. The highest BCUT2D eigenvalue weighted by molar-refractivity contribution is 5.88. The van der Waals surface area contributed by atoms with Crippen molar-refractivity contribution in [3.8, 4) is 0 Å². The number of azide groups is 2. The van der Waals surface area contributed by atoms with Crippen LogP contribution in [0.1, 0.15) is 27.6 Å². The molecule has 0 spiro atoms. The molecular formula is C15H16N8O2. The van der Waals surface area contributed by atoms with E-state index >= 15 is 0 Å². The van der Waals surface area contributed by atoms with Crippen molar-refractivity contribution in [2.75, 3.05) is 13.2 Å². The molecule has 0 aliphatic carbocycles. The number of hydrogen-bond acceptors (Lipinski definition) is 5. The molecule has 0 aliphatic heterocycles. The monoisotopic (exact) mass is 340 g/mol. The maximum atomic E-state index is 12.2. The number of carbonyl (C=O) groups is 1. The van der Waals surface area contributed by atoms with Crippen LogP contribution in [0.3, 0.4) is 0 Å². The lowest BCUT2D eigenvalue weighted by Gasteiger charge is -2.10. The van der Waals surface area contributed by atoms with Crippen LogP contribution in [0, 0.1) is 6.92 Å². The van der Waals surface area contributed by atoms with Crippen LogP contribution in [-0.4, -0.2) is 28.7 Å². The molecule has 10 heteroatoms. The molecule has 0 aliphatic rings. The van der Waals surface area contributed by atoms with Crippen LogP contribution >= 0.6 is 0 Å². The van der Waals surface area contributed by atoms with E-state index in [2.05, 4.69) is 25.0 Å². The van der Waals surface area contributed by atoms with Gasteiger partial charge in [0.1, 0.15) is 5.82 Å². The lowest BCUT2D eigenvalue weighted by molar-refractivity contribution is 0.0509. The predicted octanol–water partition coefficient (Wildman–Crippen LogP) is 3.52. The molecule has 2 rings (SSSR count). The smallest absolute Gasteiger partial charge is 0.358 e. The number of rotatable bonds is 8. The summed E-state index contributed by atoms with van der Waals surface area (Å²) in [5, 5.41) is 6.85. The van der Waals surface area contributed by atoms with E-state index in [1.807, 2.05) is 34.9 Å². The third kappa shape index (κ3) is 4.74. The lowest BCUT2D eigenvalue weighted by Crippen LogP contribution is -2.12. The number of aromatic nitrogens is 2. The number of hydrogen-bond donors (Lipinski definition) is 0. The summed E-state index contributed by atoms with van der Waals surface area (Å²) in [5.74, 6) is -0.0415. The first-order valence-corrected chi connectivity index (χ1v) is 7.46. The van der Waals surface area contributed by atoms with Gasteiger partial charge in [-0.2, -0.15) is 0 Å². The minimum atomic E-state index is -0.647. The SMILES string of the molecule is Cc1nc(C(=O)OCCN=[N+]=[N-])c(CN=[N+]=[N-])n1Cc1ccccc1. The second-order valence-corrected chi connectivity index (χ2v) is 5.01. The van der Waals surface area contributed by atoms with Crippen molar-refractivity contribution < 1.29 is 9.53 Å². The molecule has 0 N–H and O–H groups in total. The summed E-state index contributed by atoms with van der Waals surface area (Å²) < 4.78 is 6.87. The summed E-state index contributed by atoms with van der Waals surface area (Å²) in [6, 6.07) is 9.65. The van der Waals surface area contributed by atoms with Gasteiger partial charge >= 0.3 is 5.97 Å². The average Bonchev–Trinajstić information content (AvgIpc) is 2.93. The van der Waals surface area contributed by atoms with E-state index in [9.17, 15) is 4.79 Å². The van der Waals surface area contributed by atoms with E-state index in [0.29, 0.717) is 18.1 Å². The van der Waals surface area contributed by atoms with E-state index < -0.39 is 5.97 Å². The van der Waals surface area contributed by atoms with Crippen molar-refractivity contribution in [1.82, 2.24) is 9.55 Å². The maximum absolute atomic E-state index is 12.2. The molecule has 2 aromatic rings. The second-order valence-electron chi connectivity index (χ2n) is 5.01. The third-order valence-electron chi connectivity index (χ3n) is 3.41. The van der Waals surface area contributed by atoms with Crippen LogP contribution in [0.2, 0.25) is 0 Å². The normalized spacial score (nSPS) is 9.80. The van der Waals surface area contributed by atoms with Gasteiger partial charge in [0.2, 0.25) is 0 Å². The van der Waals surface area contributed by atoms with Gasteiger partial charge in [-0.05, 0) is 23.5 Å². The van der Waals surface area contributed by atoms with Crippen molar-refractivity contribution in [1.29, 1.82) is 0 Å². The van der Waals surface area contributed by atoms with Gasteiger partial charge in [-0.3, -0.25) is 0 Å². The Balaban J connectivity index is 2.29. The predicted molar refractivity (Wildman–Crippen MR) is 89.7 cm³/mol. The molecule has 1 aromatic carbocycles. The molecule has 0 atom stereocenters. The van der Waals surface area contributed by atoms with Gasteiger partial charge in [0.15, 0.2) is 5.69 Å². The molecule has 25 heavy (non-hydrogen) atoms. The van der Waals surface area contributed by atoms with Crippen molar-refractivity contribution in [2.24, 2.45) is 10.2 Å². The Labute approximate surface area is 143 Å². The molecule has 0 fully saturated rings. The van der Waals surface area contributed by atoms with Crippen molar-refractivity contribution in [3.63, 3.8) is 0 Å². The fraction of sp³-hybridized carbons (Fsp3) is 0.333. The van der Waals surface area contributed by atoms with E-state index in [1.54, 1.807) is 6.92 Å². The lowest BCUT2D eigenvalue weighted by atomic mass is 10.2. The zero-order valence-electron chi connectivity index (χ0n) is 13.6. The summed E-state index contributed by atoms with van der Waals surface area (Å²) in [5.41, 5.74) is 18.4. The number of carbonyl (C=O) groups excluding carboxylic acids is 1. The Morgan fingerprint density at radius 3 is 2.64 bits per heavy atom. The summed E-state index contributed by atoms with van der Waals surface area (Å²) >= 11 is 0. The Hall–Kier alpha value is -3.48. The molecular weight excluding hydrogens is 324 g/mol. The second kappa shape index (κ2) is 8.97. The highest BCUT2D eigenvalue weighted by Crippen LogP contribution is 2.17. The minimum Gasteiger partial charge on any atom is -0.461 e.